The molecule has 1 aromatic rings. The van der Waals surface area contributed by atoms with Crippen molar-refractivity contribution in [3.05, 3.63) is 22.7 Å². The highest BCUT2D eigenvalue weighted by Gasteiger charge is 2.61. The molecule has 0 amide bonds. The third kappa shape index (κ3) is 5.98. The van der Waals surface area contributed by atoms with E-state index < -0.39 is 59.1 Å². The molecule has 0 bridgehead atoms. The predicted octanol–water partition coefficient (Wildman–Crippen LogP) is -1.29. The molecule has 0 radical (unpaired) electrons. The first-order valence-electron chi connectivity index (χ1n) is 7.51. The Bertz CT molecular complexity index is 1100. The van der Waals surface area contributed by atoms with Gasteiger partial charge in [-0.15, -0.1) is 0 Å². The van der Waals surface area contributed by atoms with Crippen LogP contribution in [-0.2, 0) is 36.6 Å². The van der Waals surface area contributed by atoms with E-state index in [0.717, 1.165) is 12.3 Å². The molecule has 1 aliphatic rings. The molecule has 1 aromatic heterocycles. The lowest BCUT2D eigenvalue weighted by Crippen LogP contribution is -2.52. The van der Waals surface area contributed by atoms with Gasteiger partial charge < -0.3 is 35.2 Å². The van der Waals surface area contributed by atoms with Crippen LogP contribution in [0.5, 0.6) is 0 Å². The Labute approximate surface area is 177 Å². The number of aliphatic hydroxyl groups excluding tert-OH is 1. The van der Waals surface area contributed by atoms with Crippen LogP contribution < -0.4 is 11.4 Å². The van der Waals surface area contributed by atoms with Gasteiger partial charge in [-0.2, -0.15) is 18.9 Å². The molecule has 2 unspecified atom stereocenters. The van der Waals surface area contributed by atoms with Gasteiger partial charge in [0, 0.05) is 6.20 Å². The summed E-state index contributed by atoms with van der Waals surface area (Å²) in [5.74, 6) is -0.172. The van der Waals surface area contributed by atoms with Crippen molar-refractivity contribution in [3.63, 3.8) is 0 Å². The number of aliphatic hydroxyl groups is 1. The summed E-state index contributed by atoms with van der Waals surface area (Å²) in [6.07, 6.45) is -1.07. The number of phosphoric ester groups is 1. The molecule has 2 heterocycles. The van der Waals surface area contributed by atoms with Crippen LogP contribution in [0.2, 0.25) is 0 Å². The molecule has 0 aromatic carbocycles. The van der Waals surface area contributed by atoms with E-state index in [1.165, 1.54) is 6.07 Å². The molecule has 5 atom stereocenters. The van der Waals surface area contributed by atoms with Crippen molar-refractivity contribution in [2.45, 2.75) is 16.7 Å². The van der Waals surface area contributed by atoms with E-state index in [4.69, 9.17) is 36.8 Å². The van der Waals surface area contributed by atoms with Crippen LogP contribution >= 0.6 is 35.1 Å². The minimum atomic E-state index is -5.81. The van der Waals surface area contributed by atoms with Crippen molar-refractivity contribution in [1.29, 1.82) is 5.26 Å². The summed E-state index contributed by atoms with van der Waals surface area (Å²) in [5.41, 5.74) is 1.82. The number of nitrogen functional groups attached to an aromatic ring is 1. The van der Waals surface area contributed by atoms with Crippen LogP contribution in [0.15, 0.2) is 17.1 Å². The Morgan fingerprint density at radius 3 is 2.45 bits per heavy atom. The van der Waals surface area contributed by atoms with E-state index >= 15 is 0 Å². The summed E-state index contributed by atoms with van der Waals surface area (Å²) >= 11 is 6.24. The maximum Gasteiger partial charge on any atom is 0.490 e. The molecule has 1 saturated heterocycles. The van der Waals surface area contributed by atoms with Crippen LogP contribution in [0.3, 0.4) is 0 Å². The normalized spacial score (nSPS) is 30.3. The Balaban J connectivity index is 2.23. The smallest absolute Gasteiger partial charge is 0.385 e. The number of ether oxygens (including phenoxy) is 1. The van der Waals surface area contributed by atoms with Crippen LogP contribution in [0.4, 0.5) is 5.82 Å². The Morgan fingerprint density at radius 2 is 1.94 bits per heavy atom. The van der Waals surface area contributed by atoms with Gasteiger partial charge in [0.15, 0.2) is 5.00 Å². The molecule has 1 fully saturated rings. The van der Waals surface area contributed by atoms with Gasteiger partial charge in [-0.1, -0.05) is 11.6 Å². The topological polar surface area (TPSA) is 274 Å². The monoisotopic (exact) mass is 526 g/mol. The molecule has 0 saturated carbocycles. The average Bonchev–Trinajstić information content (AvgIpc) is 2.83. The SMILES string of the molecule is N#C[C@]1(COP(=O)(O)OP(=O)(O)OP(=O)(O)O)OC[C@@](Cl)(n2ccc(N)nc2=O)[C@@H]1O. The highest BCUT2D eigenvalue weighted by Crippen LogP contribution is 2.66. The minimum absolute atomic E-state index is 0.172. The lowest BCUT2D eigenvalue weighted by Gasteiger charge is -2.30. The first kappa shape index (κ1) is 26.0. The van der Waals surface area contributed by atoms with Crippen LogP contribution in [0.25, 0.3) is 0 Å². The number of rotatable bonds is 8. The number of anilines is 1. The molecule has 17 nitrogen and oxygen atoms in total. The quantitative estimate of drug-likeness (QED) is 0.170. The number of hydrogen-bond acceptors (Lipinski definition) is 12. The van der Waals surface area contributed by atoms with E-state index in [-0.39, 0.29) is 5.82 Å². The van der Waals surface area contributed by atoms with E-state index in [1.54, 1.807) is 0 Å². The van der Waals surface area contributed by atoms with Gasteiger partial charge in [0.2, 0.25) is 5.60 Å². The maximum atomic E-state index is 12.0. The zero-order valence-corrected chi connectivity index (χ0v) is 18.2. The zero-order chi connectivity index (χ0) is 23.9. The summed E-state index contributed by atoms with van der Waals surface area (Å²) in [7, 11) is -17.0. The molecule has 0 aliphatic carbocycles. The van der Waals surface area contributed by atoms with Crippen molar-refractivity contribution in [3.8, 4) is 6.07 Å². The third-order valence-corrected chi connectivity index (χ3v) is 7.95. The summed E-state index contributed by atoms with van der Waals surface area (Å²) < 4.78 is 51.0. The van der Waals surface area contributed by atoms with Crippen molar-refractivity contribution in [1.82, 2.24) is 9.55 Å². The number of nitrogens with two attached hydrogens (primary N) is 1. The molecule has 21 heteroatoms. The zero-order valence-electron chi connectivity index (χ0n) is 14.8. The van der Waals surface area contributed by atoms with E-state index in [1.807, 2.05) is 0 Å². The largest absolute Gasteiger partial charge is 0.490 e. The van der Waals surface area contributed by atoms with Gasteiger partial charge >= 0.3 is 29.2 Å². The first-order chi connectivity index (χ1) is 14.0. The third-order valence-electron chi connectivity index (χ3n) is 3.67. The minimum Gasteiger partial charge on any atom is -0.385 e. The number of nitrogens with zero attached hydrogens (tertiary/aromatic N) is 3. The summed E-state index contributed by atoms with van der Waals surface area (Å²) in [6.45, 7) is -2.03. The standard InChI is InChI=1S/C10H14ClN4O13P3/c11-10(15-2-1-6(13)14-8(15)17)5-25-9(3-12,7(10)16)4-26-30(21,22)28-31(23,24)27-29(18,19)20/h1-2,7,16H,4-5H2,(H,21,22)(H,23,24)(H2,13,14,17)(H2,18,19,20)/t7-,9-,10-/m1/s1. The predicted molar refractivity (Wildman–Crippen MR) is 96.9 cm³/mol. The van der Waals surface area contributed by atoms with E-state index in [0.29, 0.717) is 4.57 Å². The highest BCUT2D eigenvalue weighted by atomic mass is 35.5. The molecule has 174 valence electrons. The van der Waals surface area contributed by atoms with Gasteiger partial charge in [-0.3, -0.25) is 9.09 Å². The summed E-state index contributed by atoms with van der Waals surface area (Å²) in [5, 5.41) is 20.0. The molecule has 0 spiro atoms. The second-order valence-corrected chi connectivity index (χ2v) is 11.0. The number of nitriles is 1. The van der Waals surface area contributed by atoms with Crippen molar-refractivity contribution in [2.75, 3.05) is 18.9 Å². The number of hydrogen-bond donors (Lipinski definition) is 6. The Hall–Kier alpha value is -1.21. The second kappa shape index (κ2) is 8.62. The number of phosphoric acid groups is 3. The number of alkyl halides is 1. The number of halogens is 1. The fraction of sp³-hybridized carbons (Fsp3) is 0.500. The van der Waals surface area contributed by atoms with Gasteiger partial charge in [-0.25, -0.2) is 18.5 Å². The summed E-state index contributed by atoms with van der Waals surface area (Å²) in [4.78, 5) is 48.9. The number of aromatic nitrogens is 2. The van der Waals surface area contributed by atoms with Crippen molar-refractivity contribution >= 4 is 40.9 Å². The van der Waals surface area contributed by atoms with Crippen LogP contribution in [0.1, 0.15) is 0 Å². The maximum absolute atomic E-state index is 12.0. The molecular formula is C10H14ClN4O13P3. The molecule has 31 heavy (non-hydrogen) atoms. The van der Waals surface area contributed by atoms with Gasteiger partial charge in [0.05, 0.1) is 6.61 Å². The van der Waals surface area contributed by atoms with Gasteiger partial charge in [0.1, 0.15) is 24.6 Å². The van der Waals surface area contributed by atoms with Gasteiger partial charge in [0.25, 0.3) is 0 Å². The van der Waals surface area contributed by atoms with Crippen LogP contribution in [-0.4, -0.2) is 59.2 Å². The second-order valence-electron chi connectivity index (χ2n) is 5.88. The Kier molecular flexibility index (Phi) is 7.24. The molecular weight excluding hydrogens is 513 g/mol. The van der Waals surface area contributed by atoms with E-state index in [2.05, 4.69) is 18.1 Å². The fourth-order valence-electron chi connectivity index (χ4n) is 2.37. The average molecular weight is 527 g/mol. The molecule has 1 aliphatic heterocycles. The lowest BCUT2D eigenvalue weighted by molar-refractivity contribution is -0.0509. The van der Waals surface area contributed by atoms with Crippen LogP contribution in [0, 0.1) is 11.3 Å². The van der Waals surface area contributed by atoms with Gasteiger partial charge in [-0.05, 0) is 6.07 Å². The first-order valence-corrected chi connectivity index (χ1v) is 12.4. The summed E-state index contributed by atoms with van der Waals surface area (Å²) in [6, 6.07) is 2.59. The fourth-order valence-corrected chi connectivity index (χ4v) is 5.78. The van der Waals surface area contributed by atoms with Crippen molar-refractivity contribution < 1.29 is 56.3 Å². The molecule has 7 N–H and O–H groups in total. The lowest BCUT2D eigenvalue weighted by atomic mass is 9.96. The van der Waals surface area contributed by atoms with Crippen molar-refractivity contribution in [2.24, 2.45) is 0 Å². The molecule has 2 rings (SSSR count). The van der Waals surface area contributed by atoms with E-state index in [9.17, 15) is 33.8 Å². The Morgan fingerprint density at radius 1 is 1.32 bits per heavy atom. The highest BCUT2D eigenvalue weighted by molar-refractivity contribution is 7.66.